The molecule has 0 aliphatic rings. The maximum atomic E-state index is 11.7. The maximum Gasteiger partial charge on any atom is 0.355 e. The molecule has 5 heteroatoms. The molecule has 0 spiro atoms. The molecule has 0 atom stereocenters. The molecule has 0 bridgehead atoms. The first-order valence-electron chi connectivity index (χ1n) is 5.29. The Kier molecular flexibility index (Phi) is 3.28. The minimum absolute atomic E-state index is 0.239. The van der Waals surface area contributed by atoms with Gasteiger partial charge >= 0.3 is 5.97 Å². The number of aromatic nitrogens is 2. The molecule has 90 valence electrons. The number of nitrogens with zero attached hydrogens (tertiary/aromatic N) is 2. The molecule has 0 N–H and O–H groups in total. The Morgan fingerprint density at radius 3 is 2.82 bits per heavy atom. The van der Waals surface area contributed by atoms with E-state index in [1.54, 1.807) is 22.0 Å². The van der Waals surface area contributed by atoms with E-state index >= 15 is 0 Å². The molecule has 0 aromatic carbocycles. The topological polar surface area (TPSA) is 44.1 Å². The molecule has 0 saturated heterocycles. The van der Waals surface area contributed by atoms with Gasteiger partial charge in [0.15, 0.2) is 0 Å². The van der Waals surface area contributed by atoms with Crippen LogP contribution in [0.15, 0.2) is 18.3 Å². The summed E-state index contributed by atoms with van der Waals surface area (Å²) in [6.45, 7) is 4.20. The molecule has 0 unspecified atom stereocenters. The van der Waals surface area contributed by atoms with E-state index in [4.69, 9.17) is 4.74 Å². The van der Waals surface area contributed by atoms with Gasteiger partial charge in [0, 0.05) is 18.1 Å². The second-order valence-corrected chi connectivity index (χ2v) is 5.12. The van der Waals surface area contributed by atoms with Crippen LogP contribution in [0.4, 0.5) is 0 Å². The highest BCUT2D eigenvalue weighted by molar-refractivity contribution is 7.11. The lowest BCUT2D eigenvalue weighted by molar-refractivity contribution is 0.0461. The molecule has 2 heterocycles. The Hall–Kier alpha value is -1.62. The number of hydrogen-bond donors (Lipinski definition) is 0. The van der Waals surface area contributed by atoms with Gasteiger partial charge in [-0.05, 0) is 26.0 Å². The van der Waals surface area contributed by atoms with Gasteiger partial charge < -0.3 is 9.30 Å². The lowest BCUT2D eigenvalue weighted by Crippen LogP contribution is -2.09. The molecule has 0 saturated carbocycles. The van der Waals surface area contributed by atoms with Crippen molar-refractivity contribution in [1.82, 2.24) is 9.55 Å². The van der Waals surface area contributed by atoms with Gasteiger partial charge in [0.2, 0.25) is 0 Å². The smallest absolute Gasteiger partial charge is 0.355 e. The predicted molar refractivity (Wildman–Crippen MR) is 66.1 cm³/mol. The van der Waals surface area contributed by atoms with Crippen LogP contribution < -0.4 is 0 Å². The second-order valence-electron chi connectivity index (χ2n) is 3.83. The number of esters is 1. The minimum atomic E-state index is -0.317. The summed E-state index contributed by atoms with van der Waals surface area (Å²) in [5.41, 5.74) is 1.55. The first-order valence-corrected chi connectivity index (χ1v) is 6.11. The Labute approximate surface area is 104 Å². The van der Waals surface area contributed by atoms with Crippen molar-refractivity contribution >= 4 is 17.3 Å². The third-order valence-corrected chi connectivity index (χ3v) is 3.60. The molecule has 2 rings (SSSR count). The van der Waals surface area contributed by atoms with Crippen LogP contribution in [0.1, 0.15) is 26.1 Å². The van der Waals surface area contributed by atoms with Crippen LogP contribution in [0.5, 0.6) is 0 Å². The summed E-state index contributed by atoms with van der Waals surface area (Å²) in [5, 5.41) is 0.836. The van der Waals surface area contributed by atoms with Crippen molar-refractivity contribution in [3.63, 3.8) is 0 Å². The first-order chi connectivity index (χ1) is 8.08. The van der Waals surface area contributed by atoms with Crippen molar-refractivity contribution in [1.29, 1.82) is 0 Å². The summed E-state index contributed by atoms with van der Waals surface area (Å²) in [6, 6.07) is 3.55. The predicted octanol–water partition coefficient (Wildman–Crippen LogP) is 2.46. The van der Waals surface area contributed by atoms with Gasteiger partial charge in [-0.15, -0.1) is 11.3 Å². The molecule has 0 radical (unpaired) electrons. The van der Waals surface area contributed by atoms with E-state index in [9.17, 15) is 4.79 Å². The van der Waals surface area contributed by atoms with Crippen LogP contribution >= 0.6 is 11.3 Å². The zero-order chi connectivity index (χ0) is 12.4. The highest BCUT2D eigenvalue weighted by atomic mass is 32.1. The van der Waals surface area contributed by atoms with Crippen LogP contribution in [-0.2, 0) is 18.4 Å². The van der Waals surface area contributed by atoms with E-state index in [0.717, 1.165) is 15.6 Å². The largest absolute Gasteiger partial charge is 0.454 e. The van der Waals surface area contributed by atoms with E-state index in [-0.39, 0.29) is 12.6 Å². The normalized spacial score (nSPS) is 10.5. The van der Waals surface area contributed by atoms with Crippen molar-refractivity contribution in [2.24, 2.45) is 7.05 Å². The Balaban J connectivity index is 1.99. The average molecular weight is 250 g/mol. The van der Waals surface area contributed by atoms with E-state index in [2.05, 4.69) is 4.98 Å². The summed E-state index contributed by atoms with van der Waals surface area (Å²) in [4.78, 5) is 17.2. The zero-order valence-corrected chi connectivity index (χ0v) is 10.9. The Morgan fingerprint density at radius 1 is 1.53 bits per heavy atom. The summed E-state index contributed by atoms with van der Waals surface area (Å²) in [7, 11) is 1.81. The summed E-state index contributed by atoms with van der Waals surface area (Å²) in [6.07, 6.45) is 1.81. The van der Waals surface area contributed by atoms with Crippen LogP contribution in [0.3, 0.4) is 0 Å². The highest BCUT2D eigenvalue weighted by Gasteiger charge is 2.12. The molecule has 0 fully saturated rings. The van der Waals surface area contributed by atoms with Gasteiger partial charge in [0.1, 0.15) is 17.3 Å². The Bertz CT molecular complexity index is 523. The molecule has 2 aromatic heterocycles. The molecular weight excluding hydrogens is 236 g/mol. The average Bonchev–Trinajstić information content (AvgIpc) is 2.83. The monoisotopic (exact) mass is 250 g/mol. The van der Waals surface area contributed by atoms with Crippen LogP contribution in [0.2, 0.25) is 0 Å². The van der Waals surface area contributed by atoms with Crippen molar-refractivity contribution in [3.05, 3.63) is 39.6 Å². The van der Waals surface area contributed by atoms with Crippen molar-refractivity contribution in [2.45, 2.75) is 20.5 Å². The van der Waals surface area contributed by atoms with Crippen LogP contribution in [0.25, 0.3) is 0 Å². The molecule has 4 nitrogen and oxygen atoms in total. The van der Waals surface area contributed by atoms with Crippen molar-refractivity contribution < 1.29 is 9.53 Å². The second kappa shape index (κ2) is 4.71. The highest BCUT2D eigenvalue weighted by Crippen LogP contribution is 2.17. The van der Waals surface area contributed by atoms with E-state index < -0.39 is 0 Å². The van der Waals surface area contributed by atoms with E-state index in [1.807, 2.05) is 33.2 Å². The fraction of sp³-hybridized carbons (Fsp3) is 0.333. The number of rotatable bonds is 3. The van der Waals surface area contributed by atoms with Gasteiger partial charge in [-0.25, -0.2) is 9.78 Å². The SMILES string of the molecule is Cc1nc(COC(=O)c2cccn2C)sc1C. The number of thiazole rings is 1. The standard InChI is InChI=1S/C12H14N2O2S/c1-8-9(2)17-11(13-8)7-16-12(15)10-5-4-6-14(10)3/h4-6H,7H2,1-3H3. The molecule has 0 aliphatic carbocycles. The number of carbonyl (C=O) groups is 1. The third kappa shape index (κ3) is 2.55. The van der Waals surface area contributed by atoms with Crippen molar-refractivity contribution in [3.8, 4) is 0 Å². The summed E-state index contributed by atoms with van der Waals surface area (Å²) >= 11 is 1.56. The molecule has 0 aliphatic heterocycles. The van der Waals surface area contributed by atoms with Gasteiger partial charge in [-0.1, -0.05) is 0 Å². The van der Waals surface area contributed by atoms with E-state index in [1.165, 1.54) is 0 Å². The molecule has 2 aromatic rings. The Morgan fingerprint density at radius 2 is 2.29 bits per heavy atom. The number of carbonyl (C=O) groups excluding carboxylic acids is 1. The molecule has 17 heavy (non-hydrogen) atoms. The zero-order valence-electron chi connectivity index (χ0n) is 10.1. The molecular formula is C12H14N2O2S. The fourth-order valence-electron chi connectivity index (χ4n) is 1.48. The number of hydrogen-bond acceptors (Lipinski definition) is 4. The number of ether oxygens (including phenoxy) is 1. The van der Waals surface area contributed by atoms with E-state index in [0.29, 0.717) is 5.69 Å². The van der Waals surface area contributed by atoms with Crippen LogP contribution in [-0.4, -0.2) is 15.5 Å². The van der Waals surface area contributed by atoms with Gasteiger partial charge in [0.25, 0.3) is 0 Å². The summed E-state index contributed by atoms with van der Waals surface area (Å²) in [5.74, 6) is -0.317. The maximum absolute atomic E-state index is 11.7. The first kappa shape index (κ1) is 11.9. The van der Waals surface area contributed by atoms with Crippen molar-refractivity contribution in [2.75, 3.05) is 0 Å². The molecule has 0 amide bonds. The summed E-state index contributed by atoms with van der Waals surface area (Å²) < 4.78 is 6.95. The lowest BCUT2D eigenvalue weighted by Gasteiger charge is -2.03. The quantitative estimate of drug-likeness (QED) is 0.786. The van der Waals surface area contributed by atoms with Gasteiger partial charge in [-0.2, -0.15) is 0 Å². The van der Waals surface area contributed by atoms with Gasteiger partial charge in [-0.3, -0.25) is 0 Å². The van der Waals surface area contributed by atoms with Crippen LogP contribution in [0, 0.1) is 13.8 Å². The third-order valence-electron chi connectivity index (χ3n) is 2.55. The number of aryl methyl sites for hydroxylation is 3. The fourth-order valence-corrected chi connectivity index (χ4v) is 2.32. The minimum Gasteiger partial charge on any atom is -0.454 e. The lowest BCUT2D eigenvalue weighted by atomic mass is 10.4. The van der Waals surface area contributed by atoms with Gasteiger partial charge in [0.05, 0.1) is 5.69 Å².